The van der Waals surface area contributed by atoms with E-state index in [1.54, 1.807) is 31.4 Å². The molecule has 1 saturated heterocycles. The average Bonchev–Trinajstić information content (AvgIpc) is 2.91. The average molecular weight is 475 g/mol. The van der Waals surface area contributed by atoms with Gasteiger partial charge in [-0.2, -0.15) is 0 Å². The molecule has 0 aromatic heterocycles. The van der Waals surface area contributed by atoms with Gasteiger partial charge in [0, 0.05) is 42.0 Å². The van der Waals surface area contributed by atoms with Crippen molar-refractivity contribution < 1.29 is 23.9 Å². The molecule has 0 radical (unpaired) electrons. The summed E-state index contributed by atoms with van der Waals surface area (Å²) in [5, 5.41) is 10.8. The van der Waals surface area contributed by atoms with Gasteiger partial charge in [0.2, 0.25) is 0 Å². The fraction of sp³-hybridized carbons (Fsp3) is 0.222. The monoisotopic (exact) mass is 474 g/mol. The third-order valence-electron chi connectivity index (χ3n) is 5.70. The highest BCUT2D eigenvalue weighted by Gasteiger charge is 2.12. The van der Waals surface area contributed by atoms with Crippen LogP contribution in [0, 0.1) is 10.1 Å². The van der Waals surface area contributed by atoms with Crippen molar-refractivity contribution in [3.8, 4) is 11.5 Å². The van der Waals surface area contributed by atoms with Crippen molar-refractivity contribution in [1.82, 2.24) is 0 Å². The molecule has 0 N–H and O–H groups in total. The molecule has 1 aliphatic rings. The van der Waals surface area contributed by atoms with Crippen molar-refractivity contribution in [2.75, 3.05) is 38.3 Å². The van der Waals surface area contributed by atoms with Crippen molar-refractivity contribution >= 4 is 23.2 Å². The number of benzene rings is 3. The number of carbonyl (C=O) groups excluding carboxylic acids is 1. The van der Waals surface area contributed by atoms with E-state index in [4.69, 9.17) is 14.2 Å². The minimum atomic E-state index is -0.456. The molecule has 35 heavy (non-hydrogen) atoms. The number of carbonyl (C=O) groups is 1. The fourth-order valence-electron chi connectivity index (χ4n) is 3.77. The molecule has 0 spiro atoms. The Labute approximate surface area is 203 Å². The van der Waals surface area contributed by atoms with Gasteiger partial charge in [-0.15, -0.1) is 0 Å². The Kier molecular flexibility index (Phi) is 7.74. The first-order chi connectivity index (χ1) is 17.0. The molecule has 0 bridgehead atoms. The molecule has 3 aromatic rings. The van der Waals surface area contributed by atoms with E-state index in [1.165, 1.54) is 12.1 Å². The Morgan fingerprint density at radius 1 is 1.06 bits per heavy atom. The molecule has 0 atom stereocenters. The molecule has 0 saturated carbocycles. The van der Waals surface area contributed by atoms with E-state index in [1.807, 2.05) is 42.5 Å². The lowest BCUT2D eigenvalue weighted by Crippen LogP contribution is -2.36. The van der Waals surface area contributed by atoms with Gasteiger partial charge in [0.05, 0.1) is 25.2 Å². The van der Waals surface area contributed by atoms with Crippen molar-refractivity contribution in [2.24, 2.45) is 0 Å². The highest BCUT2D eigenvalue weighted by molar-refractivity contribution is 6.07. The first kappa shape index (κ1) is 24.0. The SMILES string of the molecule is COc1ccc(/C=C/C(=O)c2ccc(N3CCOCC3)cc2)cc1COc1ccc([N+](=O)[O-])cc1. The Balaban J connectivity index is 1.41. The standard InChI is InChI=1S/C27H26N2O6/c1-33-27-13-3-20(18-22(27)19-35-25-10-8-24(9-11-25)29(31)32)2-12-26(30)21-4-6-23(7-5-21)28-14-16-34-17-15-28/h2-13,18H,14-17,19H2,1H3/b12-2+. The zero-order valence-electron chi connectivity index (χ0n) is 19.4. The summed E-state index contributed by atoms with van der Waals surface area (Å²) >= 11 is 0. The molecule has 1 fully saturated rings. The van der Waals surface area contributed by atoms with Crippen LogP contribution < -0.4 is 14.4 Å². The van der Waals surface area contributed by atoms with Gasteiger partial charge in [0.1, 0.15) is 18.1 Å². The van der Waals surface area contributed by atoms with E-state index < -0.39 is 4.92 Å². The van der Waals surface area contributed by atoms with Crippen molar-refractivity contribution in [3.05, 3.63) is 99.6 Å². The van der Waals surface area contributed by atoms with E-state index in [0.717, 1.165) is 29.9 Å². The Hall–Kier alpha value is -4.17. The van der Waals surface area contributed by atoms with Crippen LogP contribution in [-0.4, -0.2) is 44.1 Å². The molecule has 180 valence electrons. The number of allylic oxidation sites excluding steroid dienone is 1. The molecule has 0 aliphatic carbocycles. The molecule has 1 heterocycles. The smallest absolute Gasteiger partial charge is 0.269 e. The van der Waals surface area contributed by atoms with Crippen LogP contribution in [0.15, 0.2) is 72.8 Å². The Morgan fingerprint density at radius 2 is 1.77 bits per heavy atom. The number of methoxy groups -OCH3 is 1. The summed E-state index contributed by atoms with van der Waals surface area (Å²) < 4.78 is 16.6. The third-order valence-corrected chi connectivity index (χ3v) is 5.70. The van der Waals surface area contributed by atoms with E-state index in [2.05, 4.69) is 4.90 Å². The van der Waals surface area contributed by atoms with E-state index in [0.29, 0.717) is 30.3 Å². The number of morpholine rings is 1. The predicted molar refractivity (Wildman–Crippen MR) is 133 cm³/mol. The van der Waals surface area contributed by atoms with Gasteiger partial charge in [-0.05, 0) is 60.2 Å². The topological polar surface area (TPSA) is 91.1 Å². The second kappa shape index (κ2) is 11.3. The number of non-ortho nitro benzene ring substituents is 1. The summed E-state index contributed by atoms with van der Waals surface area (Å²) in [7, 11) is 1.57. The van der Waals surface area contributed by atoms with Gasteiger partial charge in [0.15, 0.2) is 5.78 Å². The van der Waals surface area contributed by atoms with Gasteiger partial charge in [-0.1, -0.05) is 12.1 Å². The number of hydrogen-bond donors (Lipinski definition) is 0. The summed E-state index contributed by atoms with van der Waals surface area (Å²) in [6.07, 6.45) is 3.31. The fourth-order valence-corrected chi connectivity index (χ4v) is 3.77. The Bertz CT molecular complexity index is 1200. The summed E-state index contributed by atoms with van der Waals surface area (Å²) in [4.78, 5) is 25.3. The zero-order valence-corrected chi connectivity index (χ0v) is 19.4. The largest absolute Gasteiger partial charge is 0.496 e. The quantitative estimate of drug-likeness (QED) is 0.188. The van der Waals surface area contributed by atoms with Crippen LogP contribution in [0.3, 0.4) is 0 Å². The van der Waals surface area contributed by atoms with Crippen LogP contribution in [0.25, 0.3) is 6.08 Å². The summed E-state index contributed by atoms with van der Waals surface area (Å²) in [6.45, 7) is 3.33. The van der Waals surface area contributed by atoms with Crippen LogP contribution in [0.2, 0.25) is 0 Å². The number of nitro benzene ring substituents is 1. The third kappa shape index (κ3) is 6.24. The van der Waals surface area contributed by atoms with Crippen LogP contribution >= 0.6 is 0 Å². The maximum Gasteiger partial charge on any atom is 0.269 e. The van der Waals surface area contributed by atoms with E-state index in [-0.39, 0.29) is 18.1 Å². The molecule has 4 rings (SSSR count). The summed E-state index contributed by atoms with van der Waals surface area (Å²) in [5.41, 5.74) is 3.32. The molecule has 8 nitrogen and oxygen atoms in total. The van der Waals surface area contributed by atoms with E-state index >= 15 is 0 Å². The van der Waals surface area contributed by atoms with Gasteiger partial charge in [-0.3, -0.25) is 14.9 Å². The van der Waals surface area contributed by atoms with Crippen LogP contribution in [0.5, 0.6) is 11.5 Å². The molecule has 1 aliphatic heterocycles. The predicted octanol–water partition coefficient (Wildman–Crippen LogP) is 4.92. The number of nitro groups is 1. The Morgan fingerprint density at radius 3 is 2.43 bits per heavy atom. The van der Waals surface area contributed by atoms with Crippen LogP contribution in [0.4, 0.5) is 11.4 Å². The lowest BCUT2D eigenvalue weighted by molar-refractivity contribution is -0.384. The van der Waals surface area contributed by atoms with Gasteiger partial charge >= 0.3 is 0 Å². The maximum atomic E-state index is 12.7. The van der Waals surface area contributed by atoms with Crippen molar-refractivity contribution in [3.63, 3.8) is 0 Å². The molecule has 3 aromatic carbocycles. The van der Waals surface area contributed by atoms with Crippen molar-refractivity contribution in [2.45, 2.75) is 6.61 Å². The van der Waals surface area contributed by atoms with E-state index in [9.17, 15) is 14.9 Å². The zero-order chi connectivity index (χ0) is 24.6. The minimum Gasteiger partial charge on any atom is -0.496 e. The van der Waals surface area contributed by atoms with Gasteiger partial charge in [-0.25, -0.2) is 0 Å². The normalized spacial score (nSPS) is 13.6. The first-order valence-electron chi connectivity index (χ1n) is 11.2. The number of ether oxygens (including phenoxy) is 3. The lowest BCUT2D eigenvalue weighted by Gasteiger charge is -2.28. The first-order valence-corrected chi connectivity index (χ1v) is 11.2. The summed E-state index contributed by atoms with van der Waals surface area (Å²) in [5.74, 6) is 1.07. The van der Waals surface area contributed by atoms with Crippen molar-refractivity contribution in [1.29, 1.82) is 0 Å². The lowest BCUT2D eigenvalue weighted by atomic mass is 10.1. The number of hydrogen-bond acceptors (Lipinski definition) is 7. The summed E-state index contributed by atoms with van der Waals surface area (Å²) in [6, 6.07) is 19.1. The second-order valence-electron chi connectivity index (χ2n) is 7.95. The number of anilines is 1. The molecular formula is C27H26N2O6. The molecular weight excluding hydrogens is 448 g/mol. The second-order valence-corrected chi connectivity index (χ2v) is 7.95. The van der Waals surface area contributed by atoms with Crippen LogP contribution in [0.1, 0.15) is 21.5 Å². The highest BCUT2D eigenvalue weighted by Crippen LogP contribution is 2.24. The number of ketones is 1. The molecule has 0 unspecified atom stereocenters. The molecule has 8 heteroatoms. The maximum absolute atomic E-state index is 12.7. The van der Waals surface area contributed by atoms with Crippen LogP contribution in [-0.2, 0) is 11.3 Å². The van der Waals surface area contributed by atoms with Gasteiger partial charge < -0.3 is 19.1 Å². The minimum absolute atomic E-state index is 0.00228. The van der Waals surface area contributed by atoms with Gasteiger partial charge in [0.25, 0.3) is 5.69 Å². The number of nitrogens with zero attached hydrogens (tertiary/aromatic N) is 2. The molecule has 0 amide bonds. The number of rotatable bonds is 9. The highest BCUT2D eigenvalue weighted by atomic mass is 16.6.